The highest BCUT2D eigenvalue weighted by atomic mass is 16.5. The molecule has 0 amide bonds. The van der Waals surface area contributed by atoms with Crippen LogP contribution in [0.5, 0.6) is 0 Å². The number of Topliss-reactive ketones (excluding diaryl/α,β-unsaturated/α-hetero) is 1. The molecular formula is C24H24N4O5. The van der Waals surface area contributed by atoms with Crippen LogP contribution in [0.4, 0.5) is 0 Å². The van der Waals surface area contributed by atoms with Crippen LogP contribution < -0.4 is 5.56 Å². The van der Waals surface area contributed by atoms with E-state index in [4.69, 9.17) is 9.26 Å². The van der Waals surface area contributed by atoms with Crippen molar-refractivity contribution in [2.24, 2.45) is 7.05 Å². The number of rotatable bonds is 7. The first-order chi connectivity index (χ1) is 15.8. The number of aromatic nitrogens is 4. The van der Waals surface area contributed by atoms with Crippen LogP contribution in [0.25, 0.3) is 16.7 Å². The van der Waals surface area contributed by atoms with Gasteiger partial charge in [-0.25, -0.2) is 4.98 Å². The minimum atomic E-state index is -0.535. The van der Waals surface area contributed by atoms with Crippen molar-refractivity contribution in [2.75, 3.05) is 6.61 Å². The molecule has 1 aromatic carbocycles. The van der Waals surface area contributed by atoms with E-state index in [2.05, 4.69) is 10.1 Å². The molecule has 0 N–H and O–H groups in total. The van der Waals surface area contributed by atoms with Crippen LogP contribution in [-0.2, 0) is 23.0 Å². The van der Waals surface area contributed by atoms with E-state index in [1.807, 2.05) is 11.5 Å². The van der Waals surface area contributed by atoms with Crippen LogP contribution in [0.3, 0.4) is 0 Å². The maximum Gasteiger partial charge on any atom is 0.306 e. The van der Waals surface area contributed by atoms with Crippen molar-refractivity contribution in [1.29, 1.82) is 0 Å². The Morgan fingerprint density at radius 3 is 2.61 bits per heavy atom. The number of carbonyl (C=O) groups is 2. The highest BCUT2D eigenvalue weighted by Crippen LogP contribution is 2.21. The van der Waals surface area contributed by atoms with Gasteiger partial charge < -0.3 is 9.26 Å². The summed E-state index contributed by atoms with van der Waals surface area (Å²) in [6.45, 7) is 5.09. The molecular weight excluding hydrogens is 424 g/mol. The Morgan fingerprint density at radius 1 is 1.12 bits per heavy atom. The molecule has 9 heteroatoms. The number of esters is 1. The van der Waals surface area contributed by atoms with E-state index in [1.54, 1.807) is 57.3 Å². The van der Waals surface area contributed by atoms with E-state index >= 15 is 0 Å². The van der Waals surface area contributed by atoms with Crippen molar-refractivity contribution >= 4 is 22.7 Å². The monoisotopic (exact) mass is 448 g/mol. The Hall–Kier alpha value is -4.01. The van der Waals surface area contributed by atoms with Crippen molar-refractivity contribution in [3.63, 3.8) is 0 Å². The quantitative estimate of drug-likeness (QED) is 0.316. The lowest BCUT2D eigenvalue weighted by Crippen LogP contribution is -2.23. The van der Waals surface area contributed by atoms with Gasteiger partial charge in [0.05, 0.1) is 17.3 Å². The van der Waals surface area contributed by atoms with Crippen LogP contribution in [0.1, 0.15) is 39.8 Å². The lowest BCUT2D eigenvalue weighted by atomic mass is 10.1. The zero-order valence-electron chi connectivity index (χ0n) is 18.9. The molecule has 3 heterocycles. The second-order valence-electron chi connectivity index (χ2n) is 7.91. The molecule has 0 saturated heterocycles. The smallest absolute Gasteiger partial charge is 0.306 e. The number of carbonyl (C=O) groups excluding carboxylic acids is 2. The average Bonchev–Trinajstić information content (AvgIpc) is 3.35. The van der Waals surface area contributed by atoms with Crippen molar-refractivity contribution < 1.29 is 18.8 Å². The van der Waals surface area contributed by atoms with Gasteiger partial charge in [0.15, 0.2) is 12.4 Å². The van der Waals surface area contributed by atoms with Crippen molar-refractivity contribution in [2.45, 2.75) is 33.6 Å². The molecule has 0 aliphatic heterocycles. The predicted molar refractivity (Wildman–Crippen MR) is 121 cm³/mol. The molecule has 0 spiro atoms. The van der Waals surface area contributed by atoms with E-state index < -0.39 is 5.97 Å². The van der Waals surface area contributed by atoms with Gasteiger partial charge in [0.1, 0.15) is 11.6 Å². The minimum Gasteiger partial charge on any atom is -0.457 e. The topological polar surface area (TPSA) is 109 Å². The SMILES string of the molecule is Cc1cc(-n2c(C)cc(C(=O)COC(=O)CCc3nc4ccccc4c(=O)n3C)c2C)no1. The zero-order chi connectivity index (χ0) is 23.7. The summed E-state index contributed by atoms with van der Waals surface area (Å²) in [4.78, 5) is 41.9. The normalized spacial score (nSPS) is 11.2. The van der Waals surface area contributed by atoms with Crippen molar-refractivity contribution in [1.82, 2.24) is 19.3 Å². The van der Waals surface area contributed by atoms with Crippen LogP contribution in [0.2, 0.25) is 0 Å². The summed E-state index contributed by atoms with van der Waals surface area (Å²) < 4.78 is 13.6. The highest BCUT2D eigenvalue weighted by molar-refractivity contribution is 5.99. The minimum absolute atomic E-state index is 0.00311. The third kappa shape index (κ3) is 4.34. The van der Waals surface area contributed by atoms with Crippen molar-refractivity contribution in [3.05, 3.63) is 75.3 Å². The number of hydrogen-bond donors (Lipinski definition) is 0. The first kappa shape index (κ1) is 22.2. The summed E-state index contributed by atoms with van der Waals surface area (Å²) >= 11 is 0. The summed E-state index contributed by atoms with van der Waals surface area (Å²) in [5.74, 6) is 0.893. The predicted octanol–water partition coefficient (Wildman–Crippen LogP) is 3.00. The van der Waals surface area contributed by atoms with Crippen LogP contribution >= 0.6 is 0 Å². The molecule has 0 atom stereocenters. The van der Waals surface area contributed by atoms with Gasteiger partial charge in [-0.05, 0) is 39.0 Å². The summed E-state index contributed by atoms with van der Waals surface area (Å²) in [7, 11) is 1.62. The van der Waals surface area contributed by atoms with Crippen LogP contribution in [0, 0.1) is 20.8 Å². The molecule has 0 aliphatic rings. The standard InChI is InChI=1S/C24H24N4O5/c1-14-11-18(16(3)28(14)22-12-15(2)33-26-22)20(29)13-32-23(30)10-9-21-25-19-8-6-5-7-17(19)24(31)27(21)4/h5-8,11-12H,9-10,13H2,1-4H3. The third-order valence-electron chi connectivity index (χ3n) is 5.57. The molecule has 4 aromatic rings. The molecule has 0 fully saturated rings. The van der Waals surface area contributed by atoms with Gasteiger partial charge >= 0.3 is 5.97 Å². The Kier molecular flexibility index (Phi) is 5.95. The Balaban J connectivity index is 1.40. The number of benzene rings is 1. The number of aryl methyl sites for hydroxylation is 3. The molecule has 9 nitrogen and oxygen atoms in total. The Bertz CT molecular complexity index is 1430. The van der Waals surface area contributed by atoms with Gasteiger partial charge in [-0.2, -0.15) is 0 Å². The van der Waals surface area contributed by atoms with E-state index in [0.29, 0.717) is 39.6 Å². The number of para-hydroxylation sites is 1. The molecule has 4 rings (SSSR count). The van der Waals surface area contributed by atoms with Gasteiger partial charge in [-0.15, -0.1) is 0 Å². The van der Waals surface area contributed by atoms with Gasteiger partial charge in [0, 0.05) is 36.5 Å². The fraction of sp³-hybridized carbons (Fsp3) is 0.292. The van der Waals surface area contributed by atoms with Gasteiger partial charge in [0.25, 0.3) is 5.56 Å². The first-order valence-corrected chi connectivity index (χ1v) is 10.5. The Labute approximate surface area is 189 Å². The first-order valence-electron chi connectivity index (χ1n) is 10.5. The van der Waals surface area contributed by atoms with E-state index in [1.165, 1.54) is 4.57 Å². The molecule has 0 bridgehead atoms. The zero-order valence-corrected chi connectivity index (χ0v) is 18.9. The number of nitrogens with zero attached hydrogens (tertiary/aromatic N) is 4. The average molecular weight is 448 g/mol. The summed E-state index contributed by atoms with van der Waals surface area (Å²) in [5, 5.41) is 4.52. The number of hydrogen-bond acceptors (Lipinski definition) is 7. The number of fused-ring (bicyclic) bond motifs is 1. The lowest BCUT2D eigenvalue weighted by Gasteiger charge is -2.09. The fourth-order valence-corrected chi connectivity index (χ4v) is 3.85. The second-order valence-corrected chi connectivity index (χ2v) is 7.91. The van der Waals surface area contributed by atoms with E-state index in [-0.39, 0.29) is 30.8 Å². The maximum absolute atomic E-state index is 12.7. The summed E-state index contributed by atoms with van der Waals surface area (Å²) in [6.07, 6.45) is 0.229. The Morgan fingerprint density at radius 2 is 1.88 bits per heavy atom. The lowest BCUT2D eigenvalue weighted by molar-refractivity contribution is -0.142. The van der Waals surface area contributed by atoms with Crippen molar-refractivity contribution in [3.8, 4) is 5.82 Å². The second kappa shape index (κ2) is 8.85. The van der Waals surface area contributed by atoms with Crippen LogP contribution in [-0.4, -0.2) is 37.6 Å². The molecule has 0 aliphatic carbocycles. The summed E-state index contributed by atoms with van der Waals surface area (Å²) in [6, 6.07) is 10.6. The number of ketones is 1. The molecule has 33 heavy (non-hydrogen) atoms. The van der Waals surface area contributed by atoms with E-state index in [0.717, 1.165) is 5.69 Å². The molecule has 0 saturated carbocycles. The highest BCUT2D eigenvalue weighted by Gasteiger charge is 2.20. The molecule has 170 valence electrons. The summed E-state index contributed by atoms with van der Waals surface area (Å²) in [5.41, 5.74) is 2.38. The van der Waals surface area contributed by atoms with Gasteiger partial charge in [0.2, 0.25) is 5.78 Å². The number of ether oxygens (including phenoxy) is 1. The van der Waals surface area contributed by atoms with Gasteiger partial charge in [-0.1, -0.05) is 17.3 Å². The molecule has 0 radical (unpaired) electrons. The largest absolute Gasteiger partial charge is 0.457 e. The maximum atomic E-state index is 12.7. The third-order valence-corrected chi connectivity index (χ3v) is 5.57. The van der Waals surface area contributed by atoms with E-state index in [9.17, 15) is 14.4 Å². The molecule has 3 aromatic heterocycles. The van der Waals surface area contributed by atoms with Gasteiger partial charge in [-0.3, -0.25) is 23.5 Å². The fourth-order valence-electron chi connectivity index (χ4n) is 3.85. The molecule has 0 unspecified atom stereocenters. The van der Waals surface area contributed by atoms with Crippen LogP contribution in [0.15, 0.2) is 45.7 Å².